The second kappa shape index (κ2) is 13.7. The largest absolute Gasteiger partial charge is 0.468 e. The lowest BCUT2D eigenvalue weighted by Crippen LogP contribution is -2.53. The number of hydrogen-bond donors (Lipinski definition) is 4. The summed E-state index contributed by atoms with van der Waals surface area (Å²) in [6, 6.07) is 7.51. The number of rotatable bonds is 12. The maximum absolute atomic E-state index is 12.3. The van der Waals surface area contributed by atoms with E-state index < -0.39 is 60.2 Å². The Morgan fingerprint density at radius 3 is 2.12 bits per heavy atom. The van der Waals surface area contributed by atoms with E-state index in [0.717, 1.165) is 19.8 Å². The number of methoxy groups -OCH3 is 2. The van der Waals surface area contributed by atoms with Gasteiger partial charge < -0.3 is 35.7 Å². The van der Waals surface area contributed by atoms with Crippen LogP contribution in [0.15, 0.2) is 30.3 Å². The number of alkyl carbamates (subject to hydrolysis) is 1. The van der Waals surface area contributed by atoms with Crippen molar-refractivity contribution >= 4 is 29.8 Å². The van der Waals surface area contributed by atoms with Crippen LogP contribution in [0.3, 0.4) is 0 Å². The molecule has 0 spiro atoms. The third-order valence-electron chi connectivity index (χ3n) is 4.70. The Bertz CT molecular complexity index is 816. The number of ether oxygens (including phenoxy) is 3. The monoisotopic (exact) mass is 467 g/mol. The Labute approximate surface area is 190 Å². The molecule has 0 aliphatic rings. The minimum absolute atomic E-state index is 0.0307. The van der Waals surface area contributed by atoms with E-state index in [2.05, 4.69) is 20.1 Å². The molecule has 12 heteroatoms. The number of amides is 3. The summed E-state index contributed by atoms with van der Waals surface area (Å²) in [7, 11) is 2.11. The van der Waals surface area contributed by atoms with Gasteiger partial charge in [0, 0.05) is 12.5 Å². The van der Waals surface area contributed by atoms with Gasteiger partial charge in [-0.25, -0.2) is 4.79 Å². The van der Waals surface area contributed by atoms with Crippen LogP contribution in [0.1, 0.15) is 18.9 Å². The highest BCUT2D eigenvalue weighted by atomic mass is 16.6. The predicted molar refractivity (Wildman–Crippen MR) is 113 cm³/mol. The van der Waals surface area contributed by atoms with E-state index in [1.54, 1.807) is 24.3 Å². The lowest BCUT2D eigenvalue weighted by atomic mass is 9.86. The Morgan fingerprint density at radius 2 is 1.61 bits per heavy atom. The number of aliphatic hydroxyl groups excluding tert-OH is 1. The number of aliphatic hydroxyl groups is 1. The topological polar surface area (TPSA) is 183 Å². The zero-order valence-electron chi connectivity index (χ0n) is 18.6. The smallest absolute Gasteiger partial charge is 0.407 e. The SMILES string of the molecule is COC(=O)C(C(=O)OC)[C@@H](C)[C@@H](NC(=O)C[C@H](O)CNC(=O)OCc1ccccc1)C(N)=O. The first-order valence-corrected chi connectivity index (χ1v) is 9.97. The van der Waals surface area contributed by atoms with Crippen LogP contribution in [0.2, 0.25) is 0 Å². The highest BCUT2D eigenvalue weighted by molar-refractivity contribution is 5.97. The summed E-state index contributed by atoms with van der Waals surface area (Å²) in [4.78, 5) is 59.8. The first kappa shape index (κ1) is 27.4. The third kappa shape index (κ3) is 9.15. The number of nitrogens with one attached hydrogen (secondary N) is 2. The number of carbonyl (C=O) groups excluding carboxylic acids is 5. The second-order valence-corrected chi connectivity index (χ2v) is 7.13. The first-order valence-electron chi connectivity index (χ1n) is 9.97. The number of esters is 2. The van der Waals surface area contributed by atoms with Crippen LogP contribution in [0.5, 0.6) is 0 Å². The molecule has 0 unspecified atom stereocenters. The summed E-state index contributed by atoms with van der Waals surface area (Å²) in [6.45, 7) is 1.07. The summed E-state index contributed by atoms with van der Waals surface area (Å²) < 4.78 is 14.1. The first-order chi connectivity index (χ1) is 15.6. The normalized spacial score (nSPS) is 13.2. The lowest BCUT2D eigenvalue weighted by molar-refractivity contribution is -0.162. The zero-order chi connectivity index (χ0) is 25.0. The van der Waals surface area contributed by atoms with Crippen LogP contribution in [0, 0.1) is 11.8 Å². The zero-order valence-corrected chi connectivity index (χ0v) is 18.6. The fourth-order valence-electron chi connectivity index (χ4n) is 2.93. The lowest BCUT2D eigenvalue weighted by Gasteiger charge is -2.27. The van der Waals surface area contributed by atoms with Gasteiger partial charge >= 0.3 is 18.0 Å². The number of carbonyl (C=O) groups is 5. The highest BCUT2D eigenvalue weighted by Crippen LogP contribution is 2.19. The van der Waals surface area contributed by atoms with Gasteiger partial charge in [0.25, 0.3) is 0 Å². The van der Waals surface area contributed by atoms with Gasteiger partial charge in [-0.05, 0) is 5.56 Å². The van der Waals surface area contributed by atoms with Crippen molar-refractivity contribution in [3.63, 3.8) is 0 Å². The molecule has 182 valence electrons. The summed E-state index contributed by atoms with van der Waals surface area (Å²) in [5.74, 6) is -6.35. The Kier molecular flexibility index (Phi) is 11.3. The quantitative estimate of drug-likeness (QED) is 0.174. The van der Waals surface area contributed by atoms with Gasteiger partial charge in [0.2, 0.25) is 11.8 Å². The van der Waals surface area contributed by atoms with Gasteiger partial charge in [-0.1, -0.05) is 37.3 Å². The Morgan fingerprint density at radius 1 is 1.03 bits per heavy atom. The fourth-order valence-corrected chi connectivity index (χ4v) is 2.93. The summed E-state index contributed by atoms with van der Waals surface area (Å²) >= 11 is 0. The Balaban J connectivity index is 2.59. The van der Waals surface area contributed by atoms with Crippen molar-refractivity contribution in [2.75, 3.05) is 20.8 Å². The summed E-state index contributed by atoms with van der Waals surface area (Å²) in [5, 5.41) is 14.6. The number of hydrogen-bond acceptors (Lipinski definition) is 9. The molecule has 12 nitrogen and oxygen atoms in total. The van der Waals surface area contributed by atoms with Crippen molar-refractivity contribution < 1.29 is 43.3 Å². The Hall–Kier alpha value is -3.67. The average molecular weight is 467 g/mol. The fraction of sp³-hybridized carbons (Fsp3) is 0.476. The maximum atomic E-state index is 12.3. The van der Waals surface area contributed by atoms with Crippen molar-refractivity contribution in [2.45, 2.75) is 32.1 Å². The molecule has 0 bridgehead atoms. The molecule has 1 rings (SSSR count). The van der Waals surface area contributed by atoms with Gasteiger partial charge in [0.15, 0.2) is 5.92 Å². The van der Waals surface area contributed by atoms with Crippen molar-refractivity contribution in [2.24, 2.45) is 17.6 Å². The van der Waals surface area contributed by atoms with Gasteiger partial charge in [-0.15, -0.1) is 0 Å². The molecule has 33 heavy (non-hydrogen) atoms. The molecule has 0 aromatic heterocycles. The molecule has 0 radical (unpaired) electrons. The molecule has 5 N–H and O–H groups in total. The van der Waals surface area contributed by atoms with E-state index in [9.17, 15) is 29.1 Å². The second-order valence-electron chi connectivity index (χ2n) is 7.13. The van der Waals surface area contributed by atoms with Gasteiger partial charge in [0.1, 0.15) is 12.6 Å². The van der Waals surface area contributed by atoms with E-state index in [1.165, 1.54) is 6.92 Å². The minimum Gasteiger partial charge on any atom is -0.468 e. The van der Waals surface area contributed by atoms with Crippen molar-refractivity contribution in [1.82, 2.24) is 10.6 Å². The number of nitrogens with two attached hydrogens (primary N) is 1. The molecule has 0 saturated carbocycles. The van der Waals surface area contributed by atoms with Crippen molar-refractivity contribution in [3.8, 4) is 0 Å². The molecule has 0 fully saturated rings. The number of benzene rings is 1. The highest BCUT2D eigenvalue weighted by Gasteiger charge is 2.41. The van der Waals surface area contributed by atoms with Gasteiger partial charge in [-0.2, -0.15) is 0 Å². The molecule has 0 aliphatic carbocycles. The van der Waals surface area contributed by atoms with Crippen LogP contribution in [0.25, 0.3) is 0 Å². The average Bonchev–Trinajstić information content (AvgIpc) is 2.79. The minimum atomic E-state index is -1.51. The van der Waals surface area contributed by atoms with Crippen LogP contribution in [0.4, 0.5) is 4.79 Å². The molecular formula is C21H29N3O9. The van der Waals surface area contributed by atoms with Gasteiger partial charge in [-0.3, -0.25) is 19.2 Å². The van der Waals surface area contributed by atoms with Crippen LogP contribution >= 0.6 is 0 Å². The van der Waals surface area contributed by atoms with E-state index in [-0.39, 0.29) is 13.2 Å². The van der Waals surface area contributed by atoms with Crippen molar-refractivity contribution in [3.05, 3.63) is 35.9 Å². The van der Waals surface area contributed by atoms with Crippen molar-refractivity contribution in [1.29, 1.82) is 0 Å². The standard InChI is InChI=1S/C21H29N3O9/c1-12(16(19(28)31-2)20(29)32-3)17(18(22)27)24-15(26)9-14(25)10-23-21(30)33-11-13-7-5-4-6-8-13/h4-8,12,14,16-17,25H,9-11H2,1-3H3,(H2,22,27)(H,23,30)(H,24,26)/t12-,14+,17-/m1/s1. The van der Waals surface area contributed by atoms with E-state index in [1.807, 2.05) is 6.07 Å². The maximum Gasteiger partial charge on any atom is 0.407 e. The van der Waals surface area contributed by atoms with Crippen LogP contribution in [-0.2, 0) is 40.0 Å². The van der Waals surface area contributed by atoms with E-state index in [4.69, 9.17) is 10.5 Å². The summed E-state index contributed by atoms with van der Waals surface area (Å²) in [5.41, 5.74) is 6.10. The summed E-state index contributed by atoms with van der Waals surface area (Å²) in [6.07, 6.45) is -2.60. The molecule has 3 atom stereocenters. The van der Waals surface area contributed by atoms with E-state index >= 15 is 0 Å². The van der Waals surface area contributed by atoms with Crippen LogP contribution < -0.4 is 16.4 Å². The third-order valence-corrected chi connectivity index (χ3v) is 4.70. The van der Waals surface area contributed by atoms with E-state index in [0.29, 0.717) is 0 Å². The van der Waals surface area contributed by atoms with Crippen LogP contribution in [-0.4, -0.2) is 67.9 Å². The number of primary amides is 1. The molecule has 3 amide bonds. The predicted octanol–water partition coefficient (Wildman–Crippen LogP) is -0.768. The molecule has 0 saturated heterocycles. The molecule has 0 heterocycles. The molecular weight excluding hydrogens is 438 g/mol. The molecule has 1 aromatic rings. The van der Waals surface area contributed by atoms with Gasteiger partial charge in [0.05, 0.1) is 26.7 Å². The molecule has 1 aromatic carbocycles. The molecule has 0 aliphatic heterocycles.